The zero-order valence-corrected chi connectivity index (χ0v) is 11.2. The maximum absolute atomic E-state index is 12.8. The van der Waals surface area contributed by atoms with Gasteiger partial charge in [0.2, 0.25) is 5.95 Å². The molecule has 4 nitrogen and oxygen atoms in total. The molecule has 1 N–H and O–H groups in total. The van der Waals surface area contributed by atoms with Gasteiger partial charge in [-0.1, -0.05) is 23.7 Å². The Balaban J connectivity index is 1.76. The molecule has 1 aromatic carbocycles. The van der Waals surface area contributed by atoms with Crippen molar-refractivity contribution >= 4 is 17.6 Å². The maximum Gasteiger partial charge on any atom is 0.307 e. The van der Waals surface area contributed by atoms with Crippen molar-refractivity contribution < 1.29 is 14.3 Å². The summed E-state index contributed by atoms with van der Waals surface area (Å²) in [4.78, 5) is 14.4. The number of aromatic nitrogens is 2. The highest BCUT2D eigenvalue weighted by atomic mass is 35.5. The Hall–Kier alpha value is -1.88. The largest absolute Gasteiger partial charge is 0.481 e. The third kappa shape index (κ3) is 2.54. The molecule has 6 heteroatoms. The van der Waals surface area contributed by atoms with E-state index in [4.69, 9.17) is 16.7 Å². The highest BCUT2D eigenvalue weighted by Crippen LogP contribution is 2.48. The van der Waals surface area contributed by atoms with Crippen LogP contribution >= 0.6 is 11.6 Å². The molecule has 0 aliphatic heterocycles. The first-order valence-electron chi connectivity index (χ1n) is 6.23. The lowest BCUT2D eigenvalue weighted by Crippen LogP contribution is -2.00. The molecule has 0 spiro atoms. The topological polar surface area (TPSA) is 55.1 Å². The summed E-state index contributed by atoms with van der Waals surface area (Å²) >= 11 is 6.21. The van der Waals surface area contributed by atoms with E-state index in [-0.39, 0.29) is 11.8 Å². The van der Waals surface area contributed by atoms with Crippen LogP contribution in [-0.4, -0.2) is 20.6 Å². The maximum atomic E-state index is 12.8. The average Bonchev–Trinajstić information content (AvgIpc) is 3.10. The quantitative estimate of drug-likeness (QED) is 0.943. The number of imidazole rings is 1. The summed E-state index contributed by atoms with van der Waals surface area (Å²) in [6, 6.07) is 5.55. The first-order valence-corrected chi connectivity index (χ1v) is 6.61. The molecule has 0 amide bonds. The summed E-state index contributed by atoms with van der Waals surface area (Å²) in [5, 5.41) is 9.49. The van der Waals surface area contributed by atoms with Gasteiger partial charge in [0.15, 0.2) is 0 Å². The second kappa shape index (κ2) is 4.90. The number of hydrogen-bond acceptors (Lipinski definition) is 2. The Kier molecular flexibility index (Phi) is 3.22. The van der Waals surface area contributed by atoms with E-state index in [9.17, 15) is 9.18 Å². The third-order valence-corrected chi connectivity index (χ3v) is 3.92. The van der Waals surface area contributed by atoms with Gasteiger partial charge in [-0.2, -0.15) is 4.39 Å². The number of aliphatic carboxylic acids is 1. The van der Waals surface area contributed by atoms with Crippen LogP contribution in [0.5, 0.6) is 0 Å². The second-order valence-electron chi connectivity index (χ2n) is 5.01. The molecular weight excluding hydrogens is 283 g/mol. The van der Waals surface area contributed by atoms with Gasteiger partial charge in [-0.3, -0.25) is 4.79 Å². The van der Waals surface area contributed by atoms with E-state index >= 15 is 0 Å². The molecule has 1 aliphatic rings. The van der Waals surface area contributed by atoms with E-state index in [2.05, 4.69) is 4.98 Å². The van der Waals surface area contributed by atoms with Crippen LogP contribution in [0.4, 0.5) is 4.39 Å². The summed E-state index contributed by atoms with van der Waals surface area (Å²) < 4.78 is 14.4. The van der Waals surface area contributed by atoms with E-state index in [1.54, 1.807) is 10.6 Å². The normalized spacial score (nSPS) is 20.9. The Morgan fingerprint density at radius 2 is 2.35 bits per heavy atom. The number of hydrogen-bond donors (Lipinski definition) is 1. The van der Waals surface area contributed by atoms with Crippen molar-refractivity contribution in [1.82, 2.24) is 9.55 Å². The number of carbonyl (C=O) groups is 1. The Morgan fingerprint density at radius 1 is 1.55 bits per heavy atom. The molecule has 1 fully saturated rings. The van der Waals surface area contributed by atoms with Crippen LogP contribution in [0, 0.1) is 11.9 Å². The van der Waals surface area contributed by atoms with Crippen molar-refractivity contribution in [2.75, 3.05) is 0 Å². The molecule has 20 heavy (non-hydrogen) atoms. The standard InChI is InChI=1S/C14H12ClFN2O2/c15-12-3-8(10-4-11(10)14(19)20)1-2-9(12)5-18-6-13(16)17-7-18/h1-3,6-7,10-11H,4-5H2,(H,19,20). The van der Waals surface area contributed by atoms with Crippen molar-refractivity contribution in [3.63, 3.8) is 0 Å². The predicted molar refractivity (Wildman–Crippen MR) is 71.2 cm³/mol. The fraction of sp³-hybridized carbons (Fsp3) is 0.286. The average molecular weight is 295 g/mol. The second-order valence-corrected chi connectivity index (χ2v) is 5.41. The highest BCUT2D eigenvalue weighted by Gasteiger charge is 2.44. The highest BCUT2D eigenvalue weighted by molar-refractivity contribution is 6.31. The molecule has 0 saturated heterocycles. The fourth-order valence-corrected chi connectivity index (χ4v) is 2.62. The zero-order chi connectivity index (χ0) is 14.3. The molecule has 0 radical (unpaired) electrons. The molecule has 1 aromatic heterocycles. The lowest BCUT2D eigenvalue weighted by molar-refractivity contribution is -0.138. The first kappa shape index (κ1) is 13.1. The summed E-state index contributed by atoms with van der Waals surface area (Å²) in [5.74, 6) is -1.52. The summed E-state index contributed by atoms with van der Waals surface area (Å²) in [6.45, 7) is 0.434. The minimum atomic E-state index is -0.760. The van der Waals surface area contributed by atoms with Crippen LogP contribution in [0.3, 0.4) is 0 Å². The van der Waals surface area contributed by atoms with E-state index in [1.807, 2.05) is 12.1 Å². The van der Waals surface area contributed by atoms with Crippen molar-refractivity contribution in [1.29, 1.82) is 0 Å². The van der Waals surface area contributed by atoms with Gasteiger partial charge in [-0.15, -0.1) is 0 Å². The molecule has 2 unspecified atom stereocenters. The van der Waals surface area contributed by atoms with E-state index in [0.29, 0.717) is 18.0 Å². The number of benzene rings is 1. The van der Waals surface area contributed by atoms with Gasteiger partial charge in [0.05, 0.1) is 25.0 Å². The lowest BCUT2D eigenvalue weighted by atomic mass is 10.1. The number of nitrogens with zero attached hydrogens (tertiary/aromatic N) is 2. The van der Waals surface area contributed by atoms with Gasteiger partial charge in [-0.05, 0) is 29.5 Å². The number of carboxylic acid groups (broad SMARTS) is 1. The number of halogens is 2. The van der Waals surface area contributed by atoms with Crippen molar-refractivity contribution in [2.24, 2.45) is 5.92 Å². The number of carboxylic acids is 1. The smallest absolute Gasteiger partial charge is 0.307 e. The summed E-state index contributed by atoms with van der Waals surface area (Å²) in [7, 11) is 0. The Bertz CT molecular complexity index is 671. The summed E-state index contributed by atoms with van der Waals surface area (Å²) in [5.41, 5.74) is 1.79. The minimum Gasteiger partial charge on any atom is -0.481 e. The Morgan fingerprint density at radius 3 is 2.90 bits per heavy atom. The zero-order valence-electron chi connectivity index (χ0n) is 10.5. The van der Waals surface area contributed by atoms with Crippen LogP contribution < -0.4 is 0 Å². The van der Waals surface area contributed by atoms with Crippen molar-refractivity contribution in [2.45, 2.75) is 18.9 Å². The molecule has 0 bridgehead atoms. The van der Waals surface area contributed by atoms with Crippen molar-refractivity contribution in [3.8, 4) is 0 Å². The van der Waals surface area contributed by atoms with Gasteiger partial charge in [0, 0.05) is 5.02 Å². The first-order chi connectivity index (χ1) is 9.54. The molecule has 3 rings (SSSR count). The van der Waals surface area contributed by atoms with Crippen LogP contribution in [-0.2, 0) is 11.3 Å². The molecular formula is C14H12ClFN2O2. The number of rotatable bonds is 4. The van der Waals surface area contributed by atoms with Gasteiger partial charge in [-0.25, -0.2) is 4.98 Å². The molecule has 1 saturated carbocycles. The minimum absolute atomic E-state index is 0.0599. The van der Waals surface area contributed by atoms with Crippen molar-refractivity contribution in [3.05, 3.63) is 52.8 Å². The van der Waals surface area contributed by atoms with E-state index in [0.717, 1.165) is 11.1 Å². The SMILES string of the molecule is O=C(O)C1CC1c1ccc(Cn2cnc(F)c2)c(Cl)c1. The summed E-state index contributed by atoms with van der Waals surface area (Å²) in [6.07, 6.45) is 3.37. The van der Waals surface area contributed by atoms with Gasteiger partial charge in [0.1, 0.15) is 0 Å². The van der Waals surface area contributed by atoms with E-state index in [1.165, 1.54) is 12.5 Å². The van der Waals surface area contributed by atoms with E-state index < -0.39 is 11.9 Å². The predicted octanol–water partition coefficient (Wildman–Crippen LogP) is 2.91. The monoisotopic (exact) mass is 294 g/mol. The van der Waals surface area contributed by atoms with Crippen LogP contribution in [0.1, 0.15) is 23.5 Å². The van der Waals surface area contributed by atoms with Crippen LogP contribution in [0.2, 0.25) is 5.02 Å². The molecule has 1 heterocycles. The van der Waals surface area contributed by atoms with Crippen LogP contribution in [0.25, 0.3) is 0 Å². The van der Waals surface area contributed by atoms with Gasteiger partial charge in [0.25, 0.3) is 0 Å². The molecule has 2 atom stereocenters. The lowest BCUT2D eigenvalue weighted by Gasteiger charge is -2.07. The van der Waals surface area contributed by atoms with Gasteiger partial charge < -0.3 is 9.67 Å². The fourth-order valence-electron chi connectivity index (χ4n) is 2.37. The molecule has 2 aromatic rings. The third-order valence-electron chi connectivity index (χ3n) is 3.57. The molecule has 104 valence electrons. The Labute approximate surface area is 119 Å². The van der Waals surface area contributed by atoms with Crippen LogP contribution in [0.15, 0.2) is 30.7 Å². The van der Waals surface area contributed by atoms with Gasteiger partial charge >= 0.3 is 5.97 Å². The molecule has 1 aliphatic carbocycles.